The number of rotatable bonds is 3. The van der Waals surface area contributed by atoms with E-state index in [2.05, 4.69) is 26.3 Å². The van der Waals surface area contributed by atoms with Crippen LogP contribution in [0.25, 0.3) is 0 Å². The molecule has 0 radical (unpaired) electrons. The van der Waals surface area contributed by atoms with Crippen molar-refractivity contribution in [3.8, 4) is 0 Å². The number of amides is 1. The molecule has 0 bridgehead atoms. The number of carbonyl (C=O) groups excluding carboxylic acids is 1. The van der Waals surface area contributed by atoms with Crippen molar-refractivity contribution in [2.45, 2.75) is 20.4 Å². The number of carbonyl (C=O) groups is 1. The lowest BCUT2D eigenvalue weighted by Crippen LogP contribution is -2.19. The summed E-state index contributed by atoms with van der Waals surface area (Å²) >= 11 is 9.47. The molecule has 2 rings (SSSR count). The highest BCUT2D eigenvalue weighted by molar-refractivity contribution is 9.10. The summed E-state index contributed by atoms with van der Waals surface area (Å²) in [6.07, 6.45) is 1.47. The number of nitrogens with one attached hydrogen (secondary N) is 1. The number of aromatic nitrogens is 2. The van der Waals surface area contributed by atoms with Gasteiger partial charge in [0.2, 0.25) is 0 Å². The summed E-state index contributed by atoms with van der Waals surface area (Å²) in [5.41, 5.74) is 7.99. The third-order valence-electron chi connectivity index (χ3n) is 2.88. The summed E-state index contributed by atoms with van der Waals surface area (Å²) in [7, 11) is 0. The van der Waals surface area contributed by atoms with Gasteiger partial charge >= 0.3 is 0 Å². The van der Waals surface area contributed by atoms with Gasteiger partial charge in [-0.2, -0.15) is 5.10 Å². The molecule has 5 nitrogen and oxygen atoms in total. The molecule has 1 aromatic carbocycles. The molecule has 0 atom stereocenters. The van der Waals surface area contributed by atoms with E-state index in [0.29, 0.717) is 28.6 Å². The zero-order chi connectivity index (χ0) is 14.9. The van der Waals surface area contributed by atoms with Crippen molar-refractivity contribution in [2.75, 3.05) is 11.1 Å². The van der Waals surface area contributed by atoms with Crippen LogP contribution in [-0.4, -0.2) is 15.7 Å². The topological polar surface area (TPSA) is 72.9 Å². The minimum atomic E-state index is -0.317. The zero-order valence-corrected chi connectivity index (χ0v) is 13.4. The highest BCUT2D eigenvalue weighted by Crippen LogP contribution is 2.29. The van der Waals surface area contributed by atoms with Crippen LogP contribution in [0, 0.1) is 6.92 Å². The number of hydrogen-bond acceptors (Lipinski definition) is 3. The maximum atomic E-state index is 12.3. The quantitative estimate of drug-likeness (QED) is 0.883. The van der Waals surface area contributed by atoms with Gasteiger partial charge in [0, 0.05) is 16.0 Å². The van der Waals surface area contributed by atoms with E-state index in [1.165, 1.54) is 6.20 Å². The molecule has 7 heteroatoms. The second-order valence-electron chi connectivity index (χ2n) is 4.30. The fraction of sp³-hybridized carbons (Fsp3) is 0.231. The smallest absolute Gasteiger partial charge is 0.276 e. The maximum Gasteiger partial charge on any atom is 0.276 e. The Labute approximate surface area is 130 Å². The molecule has 1 heterocycles. The third-order valence-corrected chi connectivity index (χ3v) is 3.94. The lowest BCUT2D eigenvalue weighted by Gasteiger charge is -2.11. The van der Waals surface area contributed by atoms with Crippen LogP contribution in [0.15, 0.2) is 22.8 Å². The first-order valence-corrected chi connectivity index (χ1v) is 7.19. The Bertz CT molecular complexity index is 669. The summed E-state index contributed by atoms with van der Waals surface area (Å²) in [5.74, 6) is -0.317. The average molecular weight is 358 g/mol. The third kappa shape index (κ3) is 2.81. The fourth-order valence-electron chi connectivity index (χ4n) is 1.81. The van der Waals surface area contributed by atoms with E-state index in [4.69, 9.17) is 17.3 Å². The predicted octanol–water partition coefficient (Wildman–Crippen LogP) is 3.46. The van der Waals surface area contributed by atoms with Crippen LogP contribution in [0.1, 0.15) is 23.0 Å². The molecule has 1 amide bonds. The normalized spacial score (nSPS) is 10.6. The van der Waals surface area contributed by atoms with Crippen molar-refractivity contribution in [3.63, 3.8) is 0 Å². The van der Waals surface area contributed by atoms with E-state index < -0.39 is 0 Å². The van der Waals surface area contributed by atoms with Gasteiger partial charge < -0.3 is 11.1 Å². The Kier molecular flexibility index (Phi) is 4.35. The van der Waals surface area contributed by atoms with Crippen LogP contribution in [0.5, 0.6) is 0 Å². The van der Waals surface area contributed by atoms with Gasteiger partial charge in [-0.25, -0.2) is 0 Å². The number of anilines is 2. The number of hydrogen-bond donors (Lipinski definition) is 2. The van der Waals surface area contributed by atoms with Crippen LogP contribution >= 0.6 is 27.5 Å². The van der Waals surface area contributed by atoms with Gasteiger partial charge in [-0.15, -0.1) is 0 Å². The Hall–Kier alpha value is -1.53. The standard InChI is InChI=1S/C13H14BrClN4O/c1-3-19-12(10(16)6-17-19)13(20)18-11-5-9(15)7(2)4-8(11)14/h4-6H,3,16H2,1-2H3,(H,18,20). The molecule has 0 unspecified atom stereocenters. The van der Waals surface area contributed by atoms with Gasteiger partial charge in [0.25, 0.3) is 5.91 Å². The lowest BCUT2D eigenvalue weighted by molar-refractivity contribution is 0.101. The van der Waals surface area contributed by atoms with E-state index >= 15 is 0 Å². The number of nitrogens with two attached hydrogens (primary N) is 1. The summed E-state index contributed by atoms with van der Waals surface area (Å²) < 4.78 is 2.31. The van der Waals surface area contributed by atoms with Gasteiger partial charge in [0.1, 0.15) is 5.69 Å². The average Bonchev–Trinajstić information content (AvgIpc) is 2.77. The van der Waals surface area contributed by atoms with Crippen LogP contribution in [0.3, 0.4) is 0 Å². The molecule has 106 valence electrons. The van der Waals surface area contributed by atoms with E-state index in [9.17, 15) is 4.79 Å². The predicted molar refractivity (Wildman–Crippen MR) is 84.2 cm³/mol. The number of benzene rings is 1. The first-order chi connectivity index (χ1) is 9.43. The molecule has 0 saturated heterocycles. The first-order valence-electron chi connectivity index (χ1n) is 6.02. The summed E-state index contributed by atoms with van der Waals surface area (Å²) in [4.78, 5) is 12.3. The highest BCUT2D eigenvalue weighted by atomic mass is 79.9. The van der Waals surface area contributed by atoms with Gasteiger partial charge in [0.05, 0.1) is 17.6 Å². The summed E-state index contributed by atoms with van der Waals surface area (Å²) in [5, 5.41) is 7.41. The second kappa shape index (κ2) is 5.85. The molecule has 0 saturated carbocycles. The molecule has 2 aromatic rings. The Morgan fingerprint density at radius 3 is 2.90 bits per heavy atom. The van der Waals surface area contributed by atoms with Crippen LogP contribution in [0.4, 0.5) is 11.4 Å². The second-order valence-corrected chi connectivity index (χ2v) is 5.56. The van der Waals surface area contributed by atoms with Gasteiger partial charge in [0.15, 0.2) is 0 Å². The fourth-order valence-corrected chi connectivity index (χ4v) is 2.53. The van der Waals surface area contributed by atoms with Crippen LogP contribution in [0.2, 0.25) is 5.02 Å². The SMILES string of the molecule is CCn1ncc(N)c1C(=O)Nc1cc(Cl)c(C)cc1Br. The molecule has 0 aliphatic carbocycles. The number of halogens is 2. The number of nitrogen functional groups attached to an aromatic ring is 1. The van der Waals surface area contributed by atoms with E-state index in [1.54, 1.807) is 10.7 Å². The van der Waals surface area contributed by atoms with Gasteiger partial charge in [-0.3, -0.25) is 9.48 Å². The van der Waals surface area contributed by atoms with Crippen molar-refractivity contribution in [3.05, 3.63) is 39.1 Å². The molecule has 0 aliphatic heterocycles. The van der Waals surface area contributed by atoms with E-state index in [1.807, 2.05) is 19.9 Å². The van der Waals surface area contributed by atoms with Crippen molar-refractivity contribution >= 4 is 44.8 Å². The number of nitrogens with zero attached hydrogens (tertiary/aromatic N) is 2. The highest BCUT2D eigenvalue weighted by Gasteiger charge is 2.17. The monoisotopic (exact) mass is 356 g/mol. The zero-order valence-electron chi connectivity index (χ0n) is 11.1. The Balaban J connectivity index is 2.33. The number of aryl methyl sites for hydroxylation is 2. The minimum absolute atomic E-state index is 0.317. The molecular formula is C13H14BrClN4O. The van der Waals surface area contributed by atoms with Gasteiger partial charge in [-0.05, 0) is 47.5 Å². The lowest BCUT2D eigenvalue weighted by atomic mass is 10.2. The molecule has 0 spiro atoms. The van der Waals surface area contributed by atoms with Crippen molar-refractivity contribution in [1.82, 2.24) is 9.78 Å². The van der Waals surface area contributed by atoms with Crippen molar-refractivity contribution < 1.29 is 4.79 Å². The Morgan fingerprint density at radius 1 is 1.55 bits per heavy atom. The molecule has 0 fully saturated rings. The largest absolute Gasteiger partial charge is 0.396 e. The molecular weight excluding hydrogens is 344 g/mol. The minimum Gasteiger partial charge on any atom is -0.396 e. The van der Waals surface area contributed by atoms with Gasteiger partial charge in [-0.1, -0.05) is 11.6 Å². The molecule has 20 heavy (non-hydrogen) atoms. The molecule has 3 N–H and O–H groups in total. The van der Waals surface area contributed by atoms with Crippen LogP contribution < -0.4 is 11.1 Å². The van der Waals surface area contributed by atoms with E-state index in [-0.39, 0.29) is 5.91 Å². The molecule has 0 aliphatic rings. The summed E-state index contributed by atoms with van der Waals surface area (Å²) in [6, 6.07) is 3.54. The first kappa shape index (κ1) is 14.9. The van der Waals surface area contributed by atoms with Crippen molar-refractivity contribution in [1.29, 1.82) is 0 Å². The summed E-state index contributed by atoms with van der Waals surface area (Å²) in [6.45, 7) is 4.35. The molecule has 1 aromatic heterocycles. The van der Waals surface area contributed by atoms with Crippen molar-refractivity contribution in [2.24, 2.45) is 0 Å². The van der Waals surface area contributed by atoms with Crippen LogP contribution in [-0.2, 0) is 6.54 Å². The maximum absolute atomic E-state index is 12.3. The Morgan fingerprint density at radius 2 is 2.25 bits per heavy atom. The van der Waals surface area contributed by atoms with E-state index in [0.717, 1.165) is 10.0 Å².